The molecule has 0 aliphatic carbocycles. The van der Waals surface area contributed by atoms with E-state index in [9.17, 15) is 0 Å². The summed E-state index contributed by atoms with van der Waals surface area (Å²) in [7, 11) is 5.16. The molecule has 0 aliphatic rings. The summed E-state index contributed by atoms with van der Waals surface area (Å²) in [5, 5.41) is 3.05. The second-order valence-corrected chi connectivity index (χ2v) is 2.71. The van der Waals surface area contributed by atoms with Gasteiger partial charge >= 0.3 is 0 Å². The minimum Gasteiger partial charge on any atom is -0.388 e. The first kappa shape index (κ1) is 10.5. The smallest absolute Gasteiger partial charge is 0.152 e. The molecule has 4 heteroatoms. The molecule has 0 fully saturated rings. The molecule has 14 heavy (non-hydrogen) atoms. The molecule has 1 aromatic carbocycles. The van der Waals surface area contributed by atoms with E-state index in [1.54, 1.807) is 14.2 Å². The van der Waals surface area contributed by atoms with Gasteiger partial charge in [-0.2, -0.15) is 0 Å². The Kier molecular flexibility index (Phi) is 3.94. The summed E-state index contributed by atoms with van der Waals surface area (Å²) in [5.74, 6) is 0.718. The summed E-state index contributed by atoms with van der Waals surface area (Å²) < 4.78 is 0. The number of nitrogens with one attached hydrogen (secondary N) is 2. The number of rotatable bonds is 3. The zero-order valence-corrected chi connectivity index (χ0v) is 8.66. The number of amidine groups is 1. The van der Waals surface area contributed by atoms with Crippen molar-refractivity contribution in [1.82, 2.24) is 5.48 Å². The lowest BCUT2D eigenvalue weighted by atomic mass is 10.2. The van der Waals surface area contributed by atoms with Gasteiger partial charge in [0.1, 0.15) is 0 Å². The standard InChI is InChI=1S/C10H15N3O/c1-11-9-6-4-8(5-7-9)10(12-2)13-14-3/h4-7,11H,1-3H3,(H,12,13). The van der Waals surface area contributed by atoms with Gasteiger partial charge in [-0.25, -0.2) is 5.48 Å². The summed E-state index contributed by atoms with van der Waals surface area (Å²) in [6, 6.07) is 7.91. The molecule has 0 atom stereocenters. The summed E-state index contributed by atoms with van der Waals surface area (Å²) in [5.41, 5.74) is 4.78. The summed E-state index contributed by atoms with van der Waals surface area (Å²) in [6.07, 6.45) is 0. The largest absolute Gasteiger partial charge is 0.388 e. The van der Waals surface area contributed by atoms with Crippen LogP contribution in [0, 0.1) is 0 Å². The highest BCUT2D eigenvalue weighted by Gasteiger charge is 2.00. The Bertz CT molecular complexity index is 306. The zero-order valence-electron chi connectivity index (χ0n) is 8.66. The minimum absolute atomic E-state index is 0.718. The van der Waals surface area contributed by atoms with Crippen molar-refractivity contribution in [2.45, 2.75) is 0 Å². The molecule has 1 rings (SSSR count). The Labute approximate surface area is 84.0 Å². The Hall–Kier alpha value is -1.55. The zero-order chi connectivity index (χ0) is 10.4. The van der Waals surface area contributed by atoms with Gasteiger partial charge in [-0.1, -0.05) is 0 Å². The molecule has 2 N–H and O–H groups in total. The SMILES string of the molecule is CN=C(NOC)c1ccc(NC)cc1. The van der Waals surface area contributed by atoms with E-state index in [1.807, 2.05) is 31.3 Å². The second kappa shape index (κ2) is 5.24. The first-order chi connectivity index (χ1) is 6.81. The van der Waals surface area contributed by atoms with Crippen molar-refractivity contribution < 1.29 is 4.84 Å². The molecule has 0 aromatic heterocycles. The van der Waals surface area contributed by atoms with Crippen LogP contribution in [0.5, 0.6) is 0 Å². The van der Waals surface area contributed by atoms with Crippen LogP contribution in [0.3, 0.4) is 0 Å². The molecule has 0 aliphatic heterocycles. The molecule has 0 bridgehead atoms. The van der Waals surface area contributed by atoms with E-state index in [-0.39, 0.29) is 0 Å². The molecule has 0 amide bonds. The maximum atomic E-state index is 4.81. The second-order valence-electron chi connectivity index (χ2n) is 2.71. The Morgan fingerprint density at radius 3 is 2.36 bits per heavy atom. The van der Waals surface area contributed by atoms with E-state index in [4.69, 9.17) is 4.84 Å². The van der Waals surface area contributed by atoms with Crippen molar-refractivity contribution in [3.05, 3.63) is 29.8 Å². The third kappa shape index (κ3) is 2.47. The van der Waals surface area contributed by atoms with Gasteiger partial charge in [0.2, 0.25) is 0 Å². The fourth-order valence-corrected chi connectivity index (χ4v) is 1.13. The molecule has 0 saturated carbocycles. The van der Waals surface area contributed by atoms with Crippen molar-refractivity contribution in [3.8, 4) is 0 Å². The normalized spacial score (nSPS) is 11.2. The molecular formula is C10H15N3O. The predicted molar refractivity (Wildman–Crippen MR) is 58.6 cm³/mol. The van der Waals surface area contributed by atoms with Crippen LogP contribution in [-0.2, 0) is 4.84 Å². The van der Waals surface area contributed by atoms with Gasteiger partial charge in [-0.05, 0) is 24.3 Å². The van der Waals surface area contributed by atoms with Gasteiger partial charge in [0.25, 0.3) is 0 Å². The lowest BCUT2D eigenvalue weighted by Gasteiger charge is -2.07. The topological polar surface area (TPSA) is 45.7 Å². The van der Waals surface area contributed by atoms with E-state index in [0.29, 0.717) is 0 Å². The molecule has 1 aromatic rings. The Morgan fingerprint density at radius 1 is 1.29 bits per heavy atom. The summed E-state index contributed by atoms with van der Waals surface area (Å²) in [4.78, 5) is 8.87. The number of hydrogen-bond acceptors (Lipinski definition) is 3. The van der Waals surface area contributed by atoms with Gasteiger partial charge in [-0.15, -0.1) is 0 Å². The molecule has 0 radical (unpaired) electrons. The van der Waals surface area contributed by atoms with E-state index in [0.717, 1.165) is 17.1 Å². The molecule has 0 spiro atoms. The van der Waals surface area contributed by atoms with E-state index < -0.39 is 0 Å². The number of hydrogen-bond donors (Lipinski definition) is 2. The molecule has 4 nitrogen and oxygen atoms in total. The molecule has 0 heterocycles. The van der Waals surface area contributed by atoms with Crippen molar-refractivity contribution in [2.24, 2.45) is 4.99 Å². The third-order valence-corrected chi connectivity index (χ3v) is 1.87. The highest BCUT2D eigenvalue weighted by molar-refractivity contribution is 5.98. The quantitative estimate of drug-likeness (QED) is 0.431. The molecule has 0 unspecified atom stereocenters. The first-order valence-corrected chi connectivity index (χ1v) is 4.35. The highest BCUT2D eigenvalue weighted by atomic mass is 16.6. The van der Waals surface area contributed by atoms with E-state index in [2.05, 4.69) is 15.8 Å². The lowest BCUT2D eigenvalue weighted by Crippen LogP contribution is -2.22. The fourth-order valence-electron chi connectivity index (χ4n) is 1.13. The van der Waals surface area contributed by atoms with Crippen LogP contribution in [0.4, 0.5) is 5.69 Å². The van der Waals surface area contributed by atoms with Crippen LogP contribution < -0.4 is 10.8 Å². The molecular weight excluding hydrogens is 178 g/mol. The summed E-state index contributed by atoms with van der Waals surface area (Å²) in [6.45, 7) is 0. The van der Waals surface area contributed by atoms with Gasteiger partial charge in [0, 0.05) is 25.3 Å². The van der Waals surface area contributed by atoms with Crippen molar-refractivity contribution in [1.29, 1.82) is 0 Å². The van der Waals surface area contributed by atoms with Crippen molar-refractivity contribution in [2.75, 3.05) is 26.5 Å². The van der Waals surface area contributed by atoms with Gasteiger partial charge in [0.05, 0.1) is 7.11 Å². The number of benzene rings is 1. The molecule has 76 valence electrons. The average molecular weight is 193 g/mol. The van der Waals surface area contributed by atoms with Crippen LogP contribution in [0.1, 0.15) is 5.56 Å². The van der Waals surface area contributed by atoms with Crippen LogP contribution in [-0.4, -0.2) is 27.0 Å². The molecule has 0 saturated heterocycles. The number of anilines is 1. The highest BCUT2D eigenvalue weighted by Crippen LogP contribution is 2.08. The van der Waals surface area contributed by atoms with Gasteiger partial charge < -0.3 is 5.32 Å². The maximum absolute atomic E-state index is 4.81. The minimum atomic E-state index is 0.718. The Balaban J connectivity index is 2.84. The summed E-state index contributed by atoms with van der Waals surface area (Å²) >= 11 is 0. The van der Waals surface area contributed by atoms with Gasteiger partial charge in [0.15, 0.2) is 5.84 Å². The van der Waals surface area contributed by atoms with Gasteiger partial charge in [-0.3, -0.25) is 9.83 Å². The van der Waals surface area contributed by atoms with Crippen LogP contribution in [0.2, 0.25) is 0 Å². The van der Waals surface area contributed by atoms with Crippen molar-refractivity contribution >= 4 is 11.5 Å². The van der Waals surface area contributed by atoms with Crippen LogP contribution in [0.25, 0.3) is 0 Å². The lowest BCUT2D eigenvalue weighted by molar-refractivity contribution is 0.145. The van der Waals surface area contributed by atoms with E-state index >= 15 is 0 Å². The predicted octanol–water partition coefficient (Wildman–Crippen LogP) is 1.26. The first-order valence-electron chi connectivity index (χ1n) is 4.35. The number of nitrogens with zero attached hydrogens (tertiary/aromatic N) is 1. The number of hydroxylamine groups is 1. The maximum Gasteiger partial charge on any atom is 0.152 e. The van der Waals surface area contributed by atoms with Crippen LogP contribution >= 0.6 is 0 Å². The van der Waals surface area contributed by atoms with E-state index in [1.165, 1.54) is 0 Å². The average Bonchev–Trinajstić information content (AvgIpc) is 2.26. The Morgan fingerprint density at radius 2 is 1.93 bits per heavy atom. The number of aliphatic imine (C=N–C) groups is 1. The fraction of sp³-hybridized carbons (Fsp3) is 0.300. The third-order valence-electron chi connectivity index (χ3n) is 1.87. The monoisotopic (exact) mass is 193 g/mol. The van der Waals surface area contributed by atoms with Crippen molar-refractivity contribution in [3.63, 3.8) is 0 Å². The van der Waals surface area contributed by atoms with Crippen LogP contribution in [0.15, 0.2) is 29.3 Å².